The molecule has 29 heavy (non-hydrogen) atoms. The summed E-state index contributed by atoms with van der Waals surface area (Å²) in [6.45, 7) is 2.14. The second-order valence-electron chi connectivity index (χ2n) is 6.63. The Kier molecular flexibility index (Phi) is 6.20. The van der Waals surface area contributed by atoms with Gasteiger partial charge in [-0.15, -0.1) is 0 Å². The first kappa shape index (κ1) is 20.4. The molecule has 0 saturated heterocycles. The van der Waals surface area contributed by atoms with Crippen LogP contribution in [0.2, 0.25) is 0 Å². The second-order valence-corrected chi connectivity index (χ2v) is 6.63. The third-order valence-electron chi connectivity index (χ3n) is 4.49. The van der Waals surface area contributed by atoms with E-state index in [1.807, 2.05) is 6.92 Å². The number of aromatic nitrogens is 2. The number of carbonyl (C=O) groups excluding carboxylic acids is 1. The molecule has 0 aliphatic rings. The Bertz CT molecular complexity index is 1030. The van der Waals surface area contributed by atoms with Crippen LogP contribution in [0.4, 0.5) is 21.6 Å². The van der Waals surface area contributed by atoms with Crippen molar-refractivity contribution in [2.24, 2.45) is 11.5 Å². The zero-order valence-electron chi connectivity index (χ0n) is 16.1. The van der Waals surface area contributed by atoms with E-state index in [-0.39, 0.29) is 28.9 Å². The lowest BCUT2D eigenvalue weighted by atomic mass is 10.1. The Labute approximate surface area is 167 Å². The lowest BCUT2D eigenvalue weighted by molar-refractivity contribution is 0.100. The number of carbonyl (C=O) groups is 1. The van der Waals surface area contributed by atoms with E-state index in [9.17, 15) is 9.18 Å². The van der Waals surface area contributed by atoms with Crippen LogP contribution in [0, 0.1) is 5.82 Å². The minimum atomic E-state index is -0.628. The number of rotatable bonds is 8. The number of nitrogens with one attached hydrogen (secondary N) is 2. The van der Waals surface area contributed by atoms with Gasteiger partial charge >= 0.3 is 0 Å². The highest BCUT2D eigenvalue weighted by atomic mass is 19.1. The Balaban J connectivity index is 2.14. The molecule has 3 rings (SSSR count). The van der Waals surface area contributed by atoms with Crippen molar-refractivity contribution in [1.29, 1.82) is 0 Å². The summed E-state index contributed by atoms with van der Waals surface area (Å²) in [5.74, 6) is -0.814. The number of pyridine rings is 2. The zero-order chi connectivity index (χ0) is 21.0. The van der Waals surface area contributed by atoms with Crippen molar-refractivity contribution in [3.05, 3.63) is 54.1 Å². The summed E-state index contributed by atoms with van der Waals surface area (Å²) in [5.41, 5.74) is 13.1. The maximum atomic E-state index is 14.8. The normalized spacial score (nSPS) is 13.1. The van der Waals surface area contributed by atoms with E-state index in [1.54, 1.807) is 31.4 Å². The van der Waals surface area contributed by atoms with Crippen LogP contribution in [0.1, 0.15) is 17.3 Å². The molecule has 2 aromatic heterocycles. The highest BCUT2D eigenvalue weighted by Crippen LogP contribution is 2.35. The molecule has 0 aliphatic heterocycles. The molecule has 0 aliphatic carbocycles. The van der Waals surface area contributed by atoms with Gasteiger partial charge in [0, 0.05) is 25.5 Å². The van der Waals surface area contributed by atoms with Gasteiger partial charge in [0.15, 0.2) is 0 Å². The van der Waals surface area contributed by atoms with E-state index < -0.39 is 11.7 Å². The van der Waals surface area contributed by atoms with Crippen LogP contribution in [0.15, 0.2) is 42.7 Å². The highest BCUT2D eigenvalue weighted by molar-refractivity contribution is 6.02. The van der Waals surface area contributed by atoms with Crippen LogP contribution in [0.25, 0.3) is 10.9 Å². The van der Waals surface area contributed by atoms with E-state index >= 15 is 0 Å². The van der Waals surface area contributed by atoms with Crippen LogP contribution in [0.3, 0.4) is 0 Å². The van der Waals surface area contributed by atoms with Crippen LogP contribution in [-0.4, -0.2) is 41.7 Å². The molecule has 0 spiro atoms. The first-order chi connectivity index (χ1) is 13.9. The zero-order valence-corrected chi connectivity index (χ0v) is 16.1. The summed E-state index contributed by atoms with van der Waals surface area (Å²) >= 11 is 0. The monoisotopic (exact) mass is 398 g/mol. The fraction of sp³-hybridized carbons (Fsp3) is 0.250. The number of nitrogens with two attached hydrogens (primary N) is 2. The van der Waals surface area contributed by atoms with E-state index in [0.29, 0.717) is 23.5 Å². The number of nitrogens with zero attached hydrogens (tertiary/aromatic N) is 2. The van der Waals surface area contributed by atoms with Crippen molar-refractivity contribution < 1.29 is 13.9 Å². The first-order valence-corrected chi connectivity index (χ1v) is 9.02. The lowest BCUT2D eigenvalue weighted by Crippen LogP contribution is -2.41. The number of benzene rings is 1. The van der Waals surface area contributed by atoms with Gasteiger partial charge in [-0.25, -0.2) is 9.37 Å². The highest BCUT2D eigenvalue weighted by Gasteiger charge is 2.20. The third-order valence-corrected chi connectivity index (χ3v) is 4.49. The molecule has 3 aromatic rings. The molecule has 152 valence electrons. The second kappa shape index (κ2) is 8.80. The number of amides is 1. The van der Waals surface area contributed by atoms with E-state index in [2.05, 4.69) is 20.6 Å². The van der Waals surface area contributed by atoms with Gasteiger partial charge in [0.1, 0.15) is 11.6 Å². The molecule has 1 aromatic carbocycles. The van der Waals surface area contributed by atoms with Crippen molar-refractivity contribution in [3.8, 4) is 0 Å². The standard InChI is InChI=1S/C20H23FN6O2/c1-11(22)16(10-29-2)26-18-15(6-5-14-17(18)13(21)7-9-24-14)27-20-12(19(23)28)4-3-8-25-20/h3-9,11,16,26H,10,22H2,1-2H3,(H2,23,28)(H,25,27)/t11-,16+/m0/s1. The number of primary amides is 1. The van der Waals surface area contributed by atoms with Crippen LogP contribution in [-0.2, 0) is 4.74 Å². The van der Waals surface area contributed by atoms with Crippen molar-refractivity contribution in [2.75, 3.05) is 24.4 Å². The fourth-order valence-corrected chi connectivity index (χ4v) is 2.98. The van der Waals surface area contributed by atoms with E-state index in [0.717, 1.165) is 0 Å². The topological polar surface area (TPSA) is 128 Å². The molecule has 0 radical (unpaired) electrons. The van der Waals surface area contributed by atoms with Crippen molar-refractivity contribution in [1.82, 2.24) is 9.97 Å². The van der Waals surface area contributed by atoms with Gasteiger partial charge in [0.05, 0.1) is 40.5 Å². The van der Waals surface area contributed by atoms with Gasteiger partial charge in [-0.05, 0) is 37.3 Å². The van der Waals surface area contributed by atoms with E-state index in [1.165, 1.54) is 18.5 Å². The van der Waals surface area contributed by atoms with Gasteiger partial charge in [-0.1, -0.05) is 0 Å². The molecule has 0 saturated carbocycles. The van der Waals surface area contributed by atoms with Gasteiger partial charge in [-0.3, -0.25) is 9.78 Å². The van der Waals surface area contributed by atoms with Crippen molar-refractivity contribution in [3.63, 3.8) is 0 Å². The summed E-state index contributed by atoms with van der Waals surface area (Å²) in [6.07, 6.45) is 2.93. The Morgan fingerprint density at radius 1 is 1.24 bits per heavy atom. The first-order valence-electron chi connectivity index (χ1n) is 9.02. The molecule has 9 heteroatoms. The number of anilines is 3. The molecular formula is C20H23FN6O2. The van der Waals surface area contributed by atoms with Gasteiger partial charge in [-0.2, -0.15) is 0 Å². The number of hydrogen-bond acceptors (Lipinski definition) is 7. The van der Waals surface area contributed by atoms with Gasteiger partial charge in [0.2, 0.25) is 0 Å². The average Bonchev–Trinajstić information content (AvgIpc) is 2.69. The number of ether oxygens (including phenoxy) is 1. The summed E-state index contributed by atoms with van der Waals surface area (Å²) in [6, 6.07) is 7.27. The maximum absolute atomic E-state index is 14.8. The molecule has 0 bridgehead atoms. The summed E-state index contributed by atoms with van der Waals surface area (Å²) in [5, 5.41) is 6.63. The molecular weight excluding hydrogens is 375 g/mol. The minimum absolute atomic E-state index is 0.214. The number of fused-ring (bicyclic) bond motifs is 1. The van der Waals surface area contributed by atoms with Crippen LogP contribution >= 0.6 is 0 Å². The molecule has 6 N–H and O–H groups in total. The Morgan fingerprint density at radius 3 is 2.72 bits per heavy atom. The summed E-state index contributed by atoms with van der Waals surface area (Å²) in [4.78, 5) is 20.2. The predicted molar refractivity (Wildman–Crippen MR) is 111 cm³/mol. The fourth-order valence-electron chi connectivity index (χ4n) is 2.98. The molecule has 0 unspecified atom stereocenters. The molecule has 2 atom stereocenters. The minimum Gasteiger partial charge on any atom is -0.382 e. The number of methoxy groups -OCH3 is 1. The lowest BCUT2D eigenvalue weighted by Gasteiger charge is -2.25. The molecule has 2 heterocycles. The van der Waals surface area contributed by atoms with E-state index in [4.69, 9.17) is 16.2 Å². The Morgan fingerprint density at radius 2 is 2.03 bits per heavy atom. The largest absolute Gasteiger partial charge is 0.382 e. The third kappa shape index (κ3) is 4.41. The Hall–Kier alpha value is -3.30. The summed E-state index contributed by atoms with van der Waals surface area (Å²) < 4.78 is 20.0. The van der Waals surface area contributed by atoms with Crippen LogP contribution < -0.4 is 22.1 Å². The number of hydrogen-bond donors (Lipinski definition) is 4. The predicted octanol–water partition coefficient (Wildman–Crippen LogP) is 2.39. The average molecular weight is 398 g/mol. The molecule has 8 nitrogen and oxygen atoms in total. The van der Waals surface area contributed by atoms with Crippen molar-refractivity contribution >= 4 is 34.0 Å². The summed E-state index contributed by atoms with van der Waals surface area (Å²) in [7, 11) is 1.56. The molecule has 0 fully saturated rings. The van der Waals surface area contributed by atoms with Crippen molar-refractivity contribution in [2.45, 2.75) is 19.0 Å². The SMILES string of the molecule is COC[C@@H](Nc1c(Nc2ncccc2C(N)=O)ccc2nccc(F)c12)[C@H](C)N. The number of halogens is 1. The van der Waals surface area contributed by atoms with Crippen LogP contribution in [0.5, 0.6) is 0 Å². The maximum Gasteiger partial charge on any atom is 0.252 e. The van der Waals surface area contributed by atoms with Gasteiger partial charge in [0.25, 0.3) is 5.91 Å². The smallest absolute Gasteiger partial charge is 0.252 e. The molecule has 1 amide bonds. The van der Waals surface area contributed by atoms with Gasteiger partial charge < -0.3 is 26.8 Å². The quantitative estimate of drug-likeness (QED) is 0.459.